The van der Waals surface area contributed by atoms with E-state index < -0.39 is 0 Å². The lowest BCUT2D eigenvalue weighted by Gasteiger charge is -2.05. The van der Waals surface area contributed by atoms with Crippen molar-refractivity contribution in [1.29, 1.82) is 0 Å². The molecule has 26 heavy (non-hydrogen) atoms. The molecule has 0 aliphatic rings. The molecule has 0 aromatic carbocycles. The van der Waals surface area contributed by atoms with Gasteiger partial charge in [-0.3, -0.25) is 4.98 Å². The molecule has 0 aliphatic heterocycles. The van der Waals surface area contributed by atoms with Gasteiger partial charge < -0.3 is 9.68 Å². The van der Waals surface area contributed by atoms with Gasteiger partial charge in [-0.1, -0.05) is 16.4 Å². The molecule has 0 atom stereocenters. The average molecular weight is 355 g/mol. The van der Waals surface area contributed by atoms with E-state index in [4.69, 9.17) is 9.68 Å². The fourth-order valence-corrected chi connectivity index (χ4v) is 2.39. The summed E-state index contributed by atoms with van der Waals surface area (Å²) in [7, 11) is 1.52. The summed E-state index contributed by atoms with van der Waals surface area (Å²) in [5, 5.41) is 8.02. The summed E-state index contributed by atoms with van der Waals surface area (Å²) >= 11 is 0. The van der Waals surface area contributed by atoms with Gasteiger partial charge in [0.1, 0.15) is 25.1 Å². The molecule has 0 radical (unpaired) electrons. The van der Waals surface area contributed by atoms with E-state index in [1.165, 1.54) is 7.11 Å². The van der Waals surface area contributed by atoms with Crippen LogP contribution in [0.5, 0.6) is 0 Å². The SMILES string of the molecule is CON=C(C)c1cccc(CCCO/N=C(/C)c2nc(C)cc(C)n2)n1. The van der Waals surface area contributed by atoms with Crippen molar-refractivity contribution in [2.45, 2.75) is 40.5 Å². The maximum absolute atomic E-state index is 5.40. The van der Waals surface area contributed by atoms with Crippen LogP contribution in [0.2, 0.25) is 0 Å². The highest BCUT2D eigenvalue weighted by atomic mass is 16.6. The van der Waals surface area contributed by atoms with Gasteiger partial charge in [0.2, 0.25) is 0 Å². The van der Waals surface area contributed by atoms with Gasteiger partial charge in [0.05, 0.1) is 5.69 Å². The zero-order valence-corrected chi connectivity index (χ0v) is 16.0. The highest BCUT2D eigenvalue weighted by Crippen LogP contribution is 2.05. The Kier molecular flexibility index (Phi) is 7.20. The Balaban J connectivity index is 1.85. The summed E-state index contributed by atoms with van der Waals surface area (Å²) in [6.07, 6.45) is 1.60. The topological polar surface area (TPSA) is 81.9 Å². The van der Waals surface area contributed by atoms with Gasteiger partial charge in [-0.15, -0.1) is 0 Å². The van der Waals surface area contributed by atoms with E-state index in [0.717, 1.165) is 41.3 Å². The Hall–Kier alpha value is -2.83. The molecule has 2 rings (SSSR count). The van der Waals surface area contributed by atoms with E-state index in [1.807, 2.05) is 52.0 Å². The van der Waals surface area contributed by atoms with Crippen molar-refractivity contribution in [3.05, 3.63) is 52.9 Å². The van der Waals surface area contributed by atoms with Crippen molar-refractivity contribution < 1.29 is 9.68 Å². The number of aromatic nitrogens is 3. The highest BCUT2D eigenvalue weighted by molar-refractivity contribution is 5.96. The van der Waals surface area contributed by atoms with Crippen molar-refractivity contribution in [2.75, 3.05) is 13.7 Å². The van der Waals surface area contributed by atoms with Gasteiger partial charge >= 0.3 is 0 Å². The molecule has 0 unspecified atom stereocenters. The van der Waals surface area contributed by atoms with Crippen molar-refractivity contribution >= 4 is 11.4 Å². The summed E-state index contributed by atoms with van der Waals surface area (Å²) in [5.41, 5.74) is 5.05. The van der Waals surface area contributed by atoms with Crippen LogP contribution in [0.3, 0.4) is 0 Å². The minimum atomic E-state index is 0.499. The zero-order chi connectivity index (χ0) is 18.9. The Bertz CT molecular complexity index is 782. The first kappa shape index (κ1) is 19.5. The molecule has 2 aromatic heterocycles. The Morgan fingerprint density at radius 3 is 2.42 bits per heavy atom. The number of rotatable bonds is 8. The third kappa shape index (κ3) is 5.91. The summed E-state index contributed by atoms with van der Waals surface area (Å²) < 4.78 is 0. The largest absolute Gasteiger partial charge is 0.399 e. The molecule has 7 heteroatoms. The Morgan fingerprint density at radius 1 is 1.00 bits per heavy atom. The van der Waals surface area contributed by atoms with Crippen molar-refractivity contribution in [3.8, 4) is 0 Å². The molecular weight excluding hydrogens is 330 g/mol. The predicted molar refractivity (Wildman–Crippen MR) is 101 cm³/mol. The van der Waals surface area contributed by atoms with Crippen LogP contribution in [0.4, 0.5) is 0 Å². The van der Waals surface area contributed by atoms with Crippen molar-refractivity contribution in [3.63, 3.8) is 0 Å². The van der Waals surface area contributed by atoms with E-state index in [0.29, 0.717) is 18.1 Å². The summed E-state index contributed by atoms with van der Waals surface area (Å²) in [4.78, 5) is 23.5. The first-order valence-corrected chi connectivity index (χ1v) is 8.53. The first-order chi connectivity index (χ1) is 12.5. The van der Waals surface area contributed by atoms with Crippen molar-refractivity contribution in [1.82, 2.24) is 15.0 Å². The van der Waals surface area contributed by atoms with Crippen LogP contribution in [-0.4, -0.2) is 40.1 Å². The van der Waals surface area contributed by atoms with Crippen LogP contribution >= 0.6 is 0 Å². The smallest absolute Gasteiger partial charge is 0.177 e. The summed E-state index contributed by atoms with van der Waals surface area (Å²) in [6.45, 7) is 8.08. The monoisotopic (exact) mass is 355 g/mol. The minimum Gasteiger partial charge on any atom is -0.399 e. The number of pyridine rings is 1. The normalized spacial score (nSPS) is 12.2. The number of hydrogen-bond donors (Lipinski definition) is 0. The van der Waals surface area contributed by atoms with Gasteiger partial charge in [-0.05, 0) is 58.7 Å². The molecule has 0 bridgehead atoms. The summed E-state index contributed by atoms with van der Waals surface area (Å²) in [6, 6.07) is 7.79. The van der Waals surface area contributed by atoms with E-state index in [2.05, 4.69) is 25.3 Å². The van der Waals surface area contributed by atoms with E-state index >= 15 is 0 Å². The predicted octanol–water partition coefficient (Wildman–Crippen LogP) is 3.23. The number of hydrogen-bond acceptors (Lipinski definition) is 7. The molecule has 0 N–H and O–H groups in total. The fraction of sp³-hybridized carbons (Fsp3) is 0.421. The standard InChI is InChI=1S/C19H25N5O2/c1-13-12-14(2)21-19(20-13)16(4)24-26-11-7-9-17-8-6-10-18(22-17)15(3)23-25-5/h6,8,10,12H,7,9,11H2,1-5H3/b23-15?,24-16-. The zero-order valence-electron chi connectivity index (χ0n) is 16.0. The van der Waals surface area contributed by atoms with Gasteiger partial charge in [0, 0.05) is 17.1 Å². The molecule has 0 fully saturated rings. The second-order valence-corrected chi connectivity index (χ2v) is 5.96. The van der Waals surface area contributed by atoms with Crippen LogP contribution in [0.25, 0.3) is 0 Å². The molecule has 0 aliphatic carbocycles. The molecule has 0 amide bonds. The van der Waals surface area contributed by atoms with E-state index in [1.54, 1.807) is 0 Å². The van der Waals surface area contributed by atoms with Crippen molar-refractivity contribution in [2.24, 2.45) is 10.3 Å². The molecule has 0 spiro atoms. The maximum atomic E-state index is 5.40. The van der Waals surface area contributed by atoms with E-state index in [9.17, 15) is 0 Å². The Labute approximate surface area is 154 Å². The fourth-order valence-electron chi connectivity index (χ4n) is 2.39. The van der Waals surface area contributed by atoms with E-state index in [-0.39, 0.29) is 0 Å². The summed E-state index contributed by atoms with van der Waals surface area (Å²) in [5.74, 6) is 0.602. The molecule has 138 valence electrons. The molecule has 2 heterocycles. The van der Waals surface area contributed by atoms with Crippen LogP contribution < -0.4 is 0 Å². The molecular formula is C19H25N5O2. The number of oxime groups is 2. The van der Waals surface area contributed by atoms with Crippen LogP contribution in [0, 0.1) is 13.8 Å². The third-order valence-corrected chi connectivity index (χ3v) is 3.58. The number of nitrogens with zero attached hydrogens (tertiary/aromatic N) is 5. The lowest BCUT2D eigenvalue weighted by atomic mass is 10.2. The number of aryl methyl sites for hydroxylation is 3. The van der Waals surface area contributed by atoms with Gasteiger partial charge in [0.25, 0.3) is 0 Å². The van der Waals surface area contributed by atoms with Gasteiger partial charge in [0.15, 0.2) is 5.82 Å². The van der Waals surface area contributed by atoms with Gasteiger partial charge in [-0.25, -0.2) is 9.97 Å². The average Bonchev–Trinajstić information content (AvgIpc) is 2.61. The molecule has 7 nitrogen and oxygen atoms in total. The maximum Gasteiger partial charge on any atom is 0.177 e. The highest BCUT2D eigenvalue weighted by Gasteiger charge is 2.05. The second-order valence-electron chi connectivity index (χ2n) is 5.96. The minimum absolute atomic E-state index is 0.499. The third-order valence-electron chi connectivity index (χ3n) is 3.58. The molecule has 0 saturated heterocycles. The van der Waals surface area contributed by atoms with Crippen LogP contribution in [-0.2, 0) is 16.1 Å². The van der Waals surface area contributed by atoms with Gasteiger partial charge in [-0.2, -0.15) is 0 Å². The lowest BCUT2D eigenvalue weighted by Crippen LogP contribution is -2.06. The lowest BCUT2D eigenvalue weighted by molar-refractivity contribution is 0.141. The quantitative estimate of drug-likeness (QED) is 0.412. The van der Waals surface area contributed by atoms with Crippen LogP contribution in [0.15, 0.2) is 34.6 Å². The first-order valence-electron chi connectivity index (χ1n) is 8.53. The molecule has 0 saturated carbocycles. The molecule has 2 aromatic rings. The second kappa shape index (κ2) is 9.60. The van der Waals surface area contributed by atoms with Crippen LogP contribution in [0.1, 0.15) is 48.9 Å². The Morgan fingerprint density at radius 2 is 1.73 bits per heavy atom.